The summed E-state index contributed by atoms with van der Waals surface area (Å²) in [5, 5.41) is 0. The van der Waals surface area contributed by atoms with Gasteiger partial charge in [-0.05, 0) is 17.7 Å². The van der Waals surface area contributed by atoms with Gasteiger partial charge in [0, 0.05) is 12.1 Å². The Morgan fingerprint density at radius 2 is 1.91 bits per heavy atom. The van der Waals surface area contributed by atoms with Crippen LogP contribution in [0, 0.1) is 0 Å². The average Bonchev–Trinajstić information content (AvgIpc) is 2.91. The molecule has 2 aromatic carbocycles. The number of hydrogen-bond acceptors (Lipinski definition) is 4. The minimum absolute atomic E-state index is 0.225. The van der Waals surface area contributed by atoms with Crippen molar-refractivity contribution in [2.45, 2.75) is 0 Å². The number of aromatic nitrogens is 2. The van der Waals surface area contributed by atoms with Gasteiger partial charge in [0.15, 0.2) is 4.96 Å². The number of thiazole rings is 1. The van der Waals surface area contributed by atoms with Crippen molar-refractivity contribution in [3.8, 4) is 17.0 Å². The fraction of sp³-hybridized carbons (Fsp3) is 0.0588. The molecule has 0 aliphatic heterocycles. The molecule has 4 rings (SSSR count). The van der Waals surface area contributed by atoms with Gasteiger partial charge in [-0.2, -0.15) is 4.98 Å². The Hall–Kier alpha value is -2.66. The number of methoxy groups -OCH3 is 1. The SMILES string of the molecule is COc1ccc2sc3nc(=O)cc(-c4ccccc4)n3c2c1. The fourth-order valence-electron chi connectivity index (χ4n) is 2.57. The molecule has 2 aromatic heterocycles. The summed E-state index contributed by atoms with van der Waals surface area (Å²) >= 11 is 1.50. The molecule has 4 aromatic rings. The van der Waals surface area contributed by atoms with Gasteiger partial charge in [-0.3, -0.25) is 9.20 Å². The predicted octanol–water partition coefficient (Wildman–Crippen LogP) is 3.58. The van der Waals surface area contributed by atoms with E-state index in [2.05, 4.69) is 4.98 Å². The second kappa shape index (κ2) is 4.96. The third-order valence-corrected chi connectivity index (χ3v) is 4.60. The second-order valence-electron chi connectivity index (χ2n) is 4.90. The molecule has 0 saturated heterocycles. The van der Waals surface area contributed by atoms with Crippen LogP contribution < -0.4 is 10.3 Å². The Balaban J connectivity index is 2.17. The van der Waals surface area contributed by atoms with Gasteiger partial charge < -0.3 is 4.74 Å². The molecule has 0 fully saturated rings. The molecule has 5 heteroatoms. The molecule has 22 heavy (non-hydrogen) atoms. The van der Waals surface area contributed by atoms with E-state index < -0.39 is 0 Å². The molecule has 0 aliphatic rings. The van der Waals surface area contributed by atoms with Crippen LogP contribution in [0.15, 0.2) is 59.4 Å². The van der Waals surface area contributed by atoms with Gasteiger partial charge in [0.2, 0.25) is 0 Å². The molecule has 0 atom stereocenters. The van der Waals surface area contributed by atoms with Gasteiger partial charge in [0.05, 0.1) is 23.0 Å². The van der Waals surface area contributed by atoms with Crippen molar-refractivity contribution in [3.63, 3.8) is 0 Å². The van der Waals surface area contributed by atoms with E-state index in [0.29, 0.717) is 4.96 Å². The van der Waals surface area contributed by atoms with Gasteiger partial charge in [-0.1, -0.05) is 41.7 Å². The molecule has 0 bridgehead atoms. The zero-order valence-electron chi connectivity index (χ0n) is 11.8. The lowest BCUT2D eigenvalue weighted by Crippen LogP contribution is -2.08. The minimum atomic E-state index is -0.225. The summed E-state index contributed by atoms with van der Waals surface area (Å²) in [6.07, 6.45) is 0. The zero-order valence-corrected chi connectivity index (χ0v) is 12.6. The van der Waals surface area contributed by atoms with Crippen molar-refractivity contribution < 1.29 is 4.74 Å². The number of fused-ring (bicyclic) bond motifs is 3. The largest absolute Gasteiger partial charge is 0.497 e. The lowest BCUT2D eigenvalue weighted by molar-refractivity contribution is 0.415. The summed E-state index contributed by atoms with van der Waals surface area (Å²) in [6.45, 7) is 0. The zero-order chi connectivity index (χ0) is 15.1. The van der Waals surface area contributed by atoms with Crippen LogP contribution in [0.3, 0.4) is 0 Å². The fourth-order valence-corrected chi connectivity index (χ4v) is 3.58. The molecular weight excluding hydrogens is 296 g/mol. The first kappa shape index (κ1) is 13.0. The number of benzene rings is 2. The van der Waals surface area contributed by atoms with Crippen LogP contribution in [0.4, 0.5) is 0 Å². The van der Waals surface area contributed by atoms with Crippen LogP contribution >= 0.6 is 11.3 Å². The maximum Gasteiger partial charge on any atom is 0.274 e. The van der Waals surface area contributed by atoms with Crippen molar-refractivity contribution in [2.75, 3.05) is 7.11 Å². The highest BCUT2D eigenvalue weighted by Crippen LogP contribution is 2.31. The summed E-state index contributed by atoms with van der Waals surface area (Å²) < 4.78 is 8.40. The number of rotatable bonds is 2. The number of ether oxygens (including phenoxy) is 1. The molecule has 0 unspecified atom stereocenters. The Morgan fingerprint density at radius 3 is 2.68 bits per heavy atom. The summed E-state index contributed by atoms with van der Waals surface area (Å²) in [7, 11) is 1.65. The lowest BCUT2D eigenvalue weighted by atomic mass is 10.1. The normalized spacial score (nSPS) is 11.1. The van der Waals surface area contributed by atoms with Crippen molar-refractivity contribution in [2.24, 2.45) is 0 Å². The molecule has 2 heterocycles. The lowest BCUT2D eigenvalue weighted by Gasteiger charge is -2.06. The van der Waals surface area contributed by atoms with Crippen molar-refractivity contribution in [1.82, 2.24) is 9.38 Å². The maximum absolute atomic E-state index is 11.9. The molecule has 0 spiro atoms. The average molecular weight is 308 g/mol. The van der Waals surface area contributed by atoms with Gasteiger partial charge in [0.25, 0.3) is 5.56 Å². The predicted molar refractivity (Wildman–Crippen MR) is 88.8 cm³/mol. The van der Waals surface area contributed by atoms with Crippen LogP contribution in [-0.2, 0) is 0 Å². The first-order valence-electron chi connectivity index (χ1n) is 6.82. The highest BCUT2D eigenvalue weighted by atomic mass is 32.1. The highest BCUT2D eigenvalue weighted by molar-refractivity contribution is 7.23. The first-order valence-corrected chi connectivity index (χ1v) is 7.64. The molecule has 0 N–H and O–H groups in total. The third-order valence-electron chi connectivity index (χ3n) is 3.58. The smallest absolute Gasteiger partial charge is 0.274 e. The molecule has 4 nitrogen and oxygen atoms in total. The summed E-state index contributed by atoms with van der Waals surface area (Å²) in [4.78, 5) is 16.8. The van der Waals surface area contributed by atoms with Gasteiger partial charge >= 0.3 is 0 Å². The number of nitrogens with zero attached hydrogens (tertiary/aromatic N) is 2. The van der Waals surface area contributed by atoms with E-state index in [9.17, 15) is 4.79 Å². The quantitative estimate of drug-likeness (QED) is 0.568. The Bertz CT molecular complexity index is 1040. The molecule has 0 radical (unpaired) electrons. The third kappa shape index (κ3) is 1.98. The first-order chi connectivity index (χ1) is 10.8. The van der Waals surface area contributed by atoms with E-state index >= 15 is 0 Å². The highest BCUT2D eigenvalue weighted by Gasteiger charge is 2.12. The van der Waals surface area contributed by atoms with Gasteiger partial charge in [-0.15, -0.1) is 0 Å². The molecular formula is C17H12N2O2S. The molecule has 0 saturated carbocycles. The summed E-state index contributed by atoms with van der Waals surface area (Å²) in [5.74, 6) is 0.782. The van der Waals surface area contributed by atoms with Crippen LogP contribution in [0.25, 0.3) is 26.4 Å². The molecule has 0 aliphatic carbocycles. The standard InChI is InChI=1S/C17H12N2O2S/c1-21-12-7-8-15-14(9-12)19-13(11-5-3-2-4-6-11)10-16(20)18-17(19)22-15/h2-10H,1H3. The van der Waals surface area contributed by atoms with Crippen molar-refractivity contribution >= 4 is 26.5 Å². The molecule has 0 amide bonds. The van der Waals surface area contributed by atoms with E-state index in [4.69, 9.17) is 4.74 Å². The number of hydrogen-bond donors (Lipinski definition) is 0. The second-order valence-corrected chi connectivity index (χ2v) is 5.91. The van der Waals surface area contributed by atoms with Crippen LogP contribution in [0.5, 0.6) is 5.75 Å². The van der Waals surface area contributed by atoms with Crippen LogP contribution in [0.1, 0.15) is 0 Å². The van der Waals surface area contributed by atoms with Crippen LogP contribution in [0.2, 0.25) is 0 Å². The topological polar surface area (TPSA) is 43.6 Å². The van der Waals surface area contributed by atoms with E-state index in [1.165, 1.54) is 11.3 Å². The van der Waals surface area contributed by atoms with Gasteiger partial charge in [0.1, 0.15) is 5.75 Å². The Morgan fingerprint density at radius 1 is 1.09 bits per heavy atom. The van der Waals surface area contributed by atoms with Crippen molar-refractivity contribution in [1.29, 1.82) is 0 Å². The van der Waals surface area contributed by atoms with Gasteiger partial charge in [-0.25, -0.2) is 0 Å². The molecule has 108 valence electrons. The minimum Gasteiger partial charge on any atom is -0.497 e. The van der Waals surface area contributed by atoms with E-state index in [0.717, 1.165) is 27.2 Å². The Labute approximate surface area is 130 Å². The summed E-state index contributed by atoms with van der Waals surface area (Å²) in [5.41, 5.74) is 2.60. The Kier molecular flexibility index (Phi) is 2.94. The monoisotopic (exact) mass is 308 g/mol. The van der Waals surface area contributed by atoms with E-state index in [1.54, 1.807) is 13.2 Å². The van der Waals surface area contributed by atoms with Crippen LogP contribution in [-0.4, -0.2) is 16.5 Å². The van der Waals surface area contributed by atoms with E-state index in [1.807, 2.05) is 52.9 Å². The van der Waals surface area contributed by atoms with Crippen molar-refractivity contribution in [3.05, 3.63) is 65.0 Å². The maximum atomic E-state index is 11.9. The summed E-state index contributed by atoms with van der Waals surface area (Å²) in [6, 6.07) is 17.3. The van der Waals surface area contributed by atoms with E-state index in [-0.39, 0.29) is 5.56 Å².